The molecule has 0 unspecified atom stereocenters. The molecule has 0 saturated carbocycles. The van der Waals surface area contributed by atoms with E-state index in [1.807, 2.05) is 49.4 Å². The van der Waals surface area contributed by atoms with Crippen molar-refractivity contribution in [2.75, 3.05) is 6.54 Å². The van der Waals surface area contributed by atoms with Gasteiger partial charge in [-0.1, -0.05) is 60.7 Å². The van der Waals surface area contributed by atoms with Crippen molar-refractivity contribution in [2.24, 2.45) is 0 Å². The van der Waals surface area contributed by atoms with Gasteiger partial charge >= 0.3 is 6.03 Å². The van der Waals surface area contributed by atoms with Crippen LogP contribution in [0.1, 0.15) is 25.7 Å². The summed E-state index contributed by atoms with van der Waals surface area (Å²) in [4.78, 5) is 41.4. The summed E-state index contributed by atoms with van der Waals surface area (Å²) in [5, 5.41) is 2.85. The monoisotopic (exact) mass is 390 g/mol. The molecule has 140 valence electrons. The second kappa shape index (κ2) is 7.05. The Morgan fingerprint density at radius 1 is 0.929 bits per heavy atom. The lowest BCUT2D eigenvalue weighted by Gasteiger charge is -2.27. The SMILES string of the molecule is Cc1ccc(C(=O)CN2C(=O)NC(c3ccccc3)(c3ccccc3)C2=O)s1. The molecule has 0 bridgehead atoms. The predicted octanol–water partition coefficient (Wildman–Crippen LogP) is 3.73. The summed E-state index contributed by atoms with van der Waals surface area (Å²) in [6, 6.07) is 21.2. The average Bonchev–Trinajstić information content (AvgIpc) is 3.26. The van der Waals surface area contributed by atoms with Crippen molar-refractivity contribution in [3.63, 3.8) is 0 Å². The molecule has 1 fully saturated rings. The molecule has 0 radical (unpaired) electrons. The Morgan fingerprint density at radius 3 is 2.00 bits per heavy atom. The van der Waals surface area contributed by atoms with Crippen LogP contribution < -0.4 is 5.32 Å². The number of thiophene rings is 1. The van der Waals surface area contributed by atoms with Gasteiger partial charge in [0.15, 0.2) is 11.3 Å². The zero-order valence-corrected chi connectivity index (χ0v) is 16.0. The lowest BCUT2D eigenvalue weighted by atomic mass is 9.82. The lowest BCUT2D eigenvalue weighted by molar-refractivity contribution is -0.129. The number of carbonyl (C=O) groups is 3. The lowest BCUT2D eigenvalue weighted by Crippen LogP contribution is -2.45. The normalized spacial score (nSPS) is 15.5. The number of rotatable bonds is 5. The Bertz CT molecular complexity index is 1000. The highest BCUT2D eigenvalue weighted by atomic mass is 32.1. The molecule has 6 heteroatoms. The molecular formula is C22H18N2O3S. The minimum absolute atomic E-state index is 0.251. The van der Waals surface area contributed by atoms with Crippen LogP contribution in [-0.2, 0) is 10.3 Å². The Morgan fingerprint density at radius 2 is 1.50 bits per heavy atom. The average molecular weight is 390 g/mol. The Kier molecular flexibility index (Phi) is 4.57. The molecule has 0 atom stereocenters. The summed E-state index contributed by atoms with van der Waals surface area (Å²) in [5.74, 6) is -0.699. The van der Waals surface area contributed by atoms with E-state index in [-0.39, 0.29) is 12.3 Å². The molecule has 0 aliphatic carbocycles. The smallest absolute Gasteiger partial charge is 0.315 e. The first-order chi connectivity index (χ1) is 13.5. The quantitative estimate of drug-likeness (QED) is 0.533. The maximum atomic E-state index is 13.5. The molecule has 1 N–H and O–H groups in total. The summed E-state index contributed by atoms with van der Waals surface area (Å²) in [7, 11) is 0. The molecule has 5 nitrogen and oxygen atoms in total. The highest BCUT2D eigenvalue weighted by molar-refractivity contribution is 7.14. The second-order valence-corrected chi connectivity index (χ2v) is 7.92. The number of imide groups is 1. The van der Waals surface area contributed by atoms with E-state index < -0.39 is 17.5 Å². The number of ketones is 1. The molecule has 2 heterocycles. The van der Waals surface area contributed by atoms with E-state index in [4.69, 9.17) is 0 Å². The maximum absolute atomic E-state index is 13.5. The summed E-state index contributed by atoms with van der Waals surface area (Å²) in [6.07, 6.45) is 0. The number of nitrogens with zero attached hydrogens (tertiary/aromatic N) is 1. The van der Waals surface area contributed by atoms with Crippen LogP contribution in [0.5, 0.6) is 0 Å². The number of Topliss-reactive ketones (excluding diaryl/α,β-unsaturated/α-hetero) is 1. The van der Waals surface area contributed by atoms with E-state index in [1.165, 1.54) is 11.3 Å². The number of carbonyl (C=O) groups excluding carboxylic acids is 3. The van der Waals surface area contributed by atoms with Crippen LogP contribution in [-0.4, -0.2) is 29.2 Å². The number of benzene rings is 2. The highest BCUT2D eigenvalue weighted by Crippen LogP contribution is 2.36. The minimum atomic E-state index is -1.34. The Hall–Kier alpha value is -3.25. The number of aryl methyl sites for hydroxylation is 1. The molecule has 1 aliphatic rings. The summed E-state index contributed by atoms with van der Waals surface area (Å²) in [6.45, 7) is 1.62. The first-order valence-electron chi connectivity index (χ1n) is 8.87. The third-order valence-electron chi connectivity index (χ3n) is 4.84. The first-order valence-corrected chi connectivity index (χ1v) is 9.69. The standard InChI is InChI=1S/C22H18N2O3S/c1-15-12-13-19(28-15)18(25)14-24-20(26)22(23-21(24)27,16-8-4-2-5-9-16)17-10-6-3-7-11-17/h2-13H,14H2,1H3,(H,23,27). The van der Waals surface area contributed by atoms with Crippen LogP contribution in [0.4, 0.5) is 4.79 Å². The number of amides is 3. The van der Waals surface area contributed by atoms with Crippen molar-refractivity contribution in [2.45, 2.75) is 12.5 Å². The molecule has 3 amide bonds. The molecule has 1 saturated heterocycles. The molecule has 28 heavy (non-hydrogen) atoms. The fourth-order valence-corrected chi connectivity index (χ4v) is 4.26. The van der Waals surface area contributed by atoms with Crippen LogP contribution in [0.15, 0.2) is 72.8 Å². The minimum Gasteiger partial charge on any atom is -0.315 e. The fraction of sp³-hybridized carbons (Fsp3) is 0.136. The van der Waals surface area contributed by atoms with Gasteiger partial charge in [0.1, 0.15) is 0 Å². The van der Waals surface area contributed by atoms with Gasteiger partial charge in [-0.05, 0) is 30.2 Å². The predicted molar refractivity (Wildman–Crippen MR) is 107 cm³/mol. The summed E-state index contributed by atoms with van der Waals surface area (Å²) >= 11 is 1.36. The van der Waals surface area contributed by atoms with Crippen LogP contribution >= 0.6 is 11.3 Å². The van der Waals surface area contributed by atoms with Gasteiger partial charge < -0.3 is 5.32 Å². The highest BCUT2D eigenvalue weighted by Gasteiger charge is 2.54. The Balaban J connectivity index is 1.74. The van der Waals surface area contributed by atoms with Gasteiger partial charge in [-0.3, -0.25) is 14.5 Å². The molecule has 3 aromatic rings. The summed E-state index contributed by atoms with van der Waals surface area (Å²) in [5.41, 5.74) is -0.0337. The van der Waals surface area contributed by atoms with Gasteiger partial charge in [-0.15, -0.1) is 11.3 Å². The number of hydrogen-bond donors (Lipinski definition) is 1. The third kappa shape index (κ3) is 2.92. The largest absolute Gasteiger partial charge is 0.325 e. The van der Waals surface area contributed by atoms with E-state index in [2.05, 4.69) is 5.32 Å². The van der Waals surface area contributed by atoms with Crippen molar-refractivity contribution < 1.29 is 14.4 Å². The summed E-state index contributed by atoms with van der Waals surface area (Å²) < 4.78 is 0. The van der Waals surface area contributed by atoms with Crippen molar-refractivity contribution in [3.05, 3.63) is 93.7 Å². The van der Waals surface area contributed by atoms with E-state index in [1.54, 1.807) is 30.3 Å². The zero-order valence-electron chi connectivity index (χ0n) is 15.2. The first kappa shape index (κ1) is 18.1. The van der Waals surface area contributed by atoms with E-state index in [0.29, 0.717) is 16.0 Å². The molecule has 1 aromatic heterocycles. The van der Waals surface area contributed by atoms with Crippen molar-refractivity contribution in [1.82, 2.24) is 10.2 Å². The molecule has 1 aliphatic heterocycles. The number of urea groups is 1. The van der Waals surface area contributed by atoms with E-state index in [9.17, 15) is 14.4 Å². The van der Waals surface area contributed by atoms with Gasteiger partial charge in [0.05, 0.1) is 11.4 Å². The van der Waals surface area contributed by atoms with Crippen molar-refractivity contribution in [3.8, 4) is 0 Å². The van der Waals surface area contributed by atoms with Crippen molar-refractivity contribution >= 4 is 29.1 Å². The molecule has 4 rings (SSSR count). The number of nitrogens with one attached hydrogen (secondary N) is 1. The fourth-order valence-electron chi connectivity index (χ4n) is 3.46. The van der Waals surface area contributed by atoms with E-state index in [0.717, 1.165) is 9.78 Å². The van der Waals surface area contributed by atoms with Gasteiger partial charge in [0.25, 0.3) is 5.91 Å². The second-order valence-electron chi connectivity index (χ2n) is 6.64. The van der Waals surface area contributed by atoms with Crippen LogP contribution in [0, 0.1) is 6.92 Å². The van der Waals surface area contributed by atoms with Crippen LogP contribution in [0.3, 0.4) is 0 Å². The molecular weight excluding hydrogens is 372 g/mol. The maximum Gasteiger partial charge on any atom is 0.325 e. The van der Waals surface area contributed by atoms with Crippen LogP contribution in [0.2, 0.25) is 0 Å². The van der Waals surface area contributed by atoms with Crippen LogP contribution in [0.25, 0.3) is 0 Å². The van der Waals surface area contributed by atoms with Gasteiger partial charge in [-0.2, -0.15) is 0 Å². The van der Waals surface area contributed by atoms with Gasteiger partial charge in [0, 0.05) is 4.88 Å². The number of hydrogen-bond acceptors (Lipinski definition) is 4. The topological polar surface area (TPSA) is 66.5 Å². The van der Waals surface area contributed by atoms with E-state index >= 15 is 0 Å². The van der Waals surface area contributed by atoms with Gasteiger partial charge in [-0.25, -0.2) is 4.79 Å². The van der Waals surface area contributed by atoms with Crippen molar-refractivity contribution in [1.29, 1.82) is 0 Å². The molecule has 2 aromatic carbocycles. The molecule has 0 spiro atoms. The van der Waals surface area contributed by atoms with Gasteiger partial charge in [0.2, 0.25) is 0 Å². The third-order valence-corrected chi connectivity index (χ3v) is 5.88. The zero-order chi connectivity index (χ0) is 19.7. The Labute approximate surface area is 166 Å².